The van der Waals surface area contributed by atoms with Crippen LogP contribution in [0.15, 0.2) is 0 Å². The van der Waals surface area contributed by atoms with Crippen molar-refractivity contribution in [2.75, 3.05) is 5.32 Å². The largest absolute Gasteiger partial charge is 0.345 e. The maximum absolute atomic E-state index is 11.9. The minimum absolute atomic E-state index is 0.211. The number of fused-ring (bicyclic) bond motifs is 1. The Balaban J connectivity index is 1.99. The van der Waals surface area contributed by atoms with Gasteiger partial charge in [-0.1, -0.05) is 6.42 Å². The number of amides is 2. The zero-order chi connectivity index (χ0) is 13.8. The molecule has 6 heteroatoms. The third-order valence-corrected chi connectivity index (χ3v) is 4.21. The molecule has 2 N–H and O–H groups in total. The van der Waals surface area contributed by atoms with Gasteiger partial charge < -0.3 is 10.6 Å². The Morgan fingerprint density at radius 1 is 1.26 bits per heavy atom. The van der Waals surface area contributed by atoms with E-state index in [0.29, 0.717) is 5.13 Å². The highest BCUT2D eigenvalue weighted by molar-refractivity contribution is 7.15. The van der Waals surface area contributed by atoms with E-state index in [2.05, 4.69) is 15.6 Å². The van der Waals surface area contributed by atoms with Crippen molar-refractivity contribution >= 4 is 28.3 Å². The number of anilines is 1. The fourth-order valence-corrected chi connectivity index (χ4v) is 3.22. The van der Waals surface area contributed by atoms with Crippen LogP contribution in [0.2, 0.25) is 0 Å². The third kappa shape index (κ3) is 3.76. The molecule has 2 amide bonds. The molecule has 0 radical (unpaired) electrons. The molecule has 0 fully saturated rings. The molecular weight excluding hydrogens is 262 g/mol. The van der Waals surface area contributed by atoms with Gasteiger partial charge in [-0.25, -0.2) is 4.98 Å². The summed E-state index contributed by atoms with van der Waals surface area (Å²) < 4.78 is 0. The molecule has 5 nitrogen and oxygen atoms in total. The van der Waals surface area contributed by atoms with Crippen molar-refractivity contribution in [2.45, 2.75) is 52.0 Å². The fraction of sp³-hybridized carbons (Fsp3) is 0.615. The molecule has 0 saturated carbocycles. The number of rotatable bonds is 3. The Labute approximate surface area is 116 Å². The molecule has 0 spiro atoms. The minimum Gasteiger partial charge on any atom is -0.345 e. The van der Waals surface area contributed by atoms with E-state index in [1.807, 2.05) is 0 Å². The number of aromatic nitrogens is 1. The molecule has 1 heterocycles. The summed E-state index contributed by atoms with van der Waals surface area (Å²) in [4.78, 5) is 28.6. The van der Waals surface area contributed by atoms with Crippen molar-refractivity contribution in [3.05, 3.63) is 10.6 Å². The van der Waals surface area contributed by atoms with E-state index in [9.17, 15) is 9.59 Å². The van der Waals surface area contributed by atoms with Gasteiger partial charge in [-0.3, -0.25) is 9.59 Å². The first-order chi connectivity index (χ1) is 9.06. The first-order valence-corrected chi connectivity index (χ1v) is 7.44. The molecule has 0 bridgehead atoms. The zero-order valence-electron chi connectivity index (χ0n) is 11.3. The molecule has 104 valence electrons. The van der Waals surface area contributed by atoms with Gasteiger partial charge in [-0.2, -0.15) is 0 Å². The van der Waals surface area contributed by atoms with Gasteiger partial charge in [0, 0.05) is 11.8 Å². The van der Waals surface area contributed by atoms with Crippen molar-refractivity contribution < 1.29 is 9.59 Å². The fourth-order valence-electron chi connectivity index (χ4n) is 2.17. The van der Waals surface area contributed by atoms with Gasteiger partial charge in [0.1, 0.15) is 6.04 Å². The lowest BCUT2D eigenvalue weighted by Gasteiger charge is -2.10. The molecule has 0 unspecified atom stereocenters. The summed E-state index contributed by atoms with van der Waals surface area (Å²) in [6.45, 7) is 3.06. The summed E-state index contributed by atoms with van der Waals surface area (Å²) in [7, 11) is 0. The van der Waals surface area contributed by atoms with E-state index in [1.54, 1.807) is 18.3 Å². The molecule has 1 aliphatic rings. The lowest BCUT2D eigenvalue weighted by Crippen LogP contribution is -2.40. The molecular formula is C13H19N3O2S. The van der Waals surface area contributed by atoms with E-state index in [-0.39, 0.29) is 11.8 Å². The molecule has 1 aromatic heterocycles. The molecule has 2 rings (SSSR count). The van der Waals surface area contributed by atoms with Crippen LogP contribution in [0.5, 0.6) is 0 Å². The normalized spacial score (nSPS) is 16.1. The lowest BCUT2D eigenvalue weighted by atomic mass is 10.2. The van der Waals surface area contributed by atoms with Crippen LogP contribution in [-0.4, -0.2) is 22.8 Å². The summed E-state index contributed by atoms with van der Waals surface area (Å²) in [6.07, 6.45) is 5.69. The van der Waals surface area contributed by atoms with Crippen LogP contribution in [0.25, 0.3) is 0 Å². The first kappa shape index (κ1) is 14.0. The van der Waals surface area contributed by atoms with Gasteiger partial charge in [0.15, 0.2) is 5.13 Å². The van der Waals surface area contributed by atoms with Gasteiger partial charge in [-0.15, -0.1) is 11.3 Å². The smallest absolute Gasteiger partial charge is 0.248 e. The van der Waals surface area contributed by atoms with E-state index >= 15 is 0 Å². The van der Waals surface area contributed by atoms with Gasteiger partial charge in [0.05, 0.1) is 5.69 Å². The van der Waals surface area contributed by atoms with Gasteiger partial charge in [0.2, 0.25) is 11.8 Å². The highest BCUT2D eigenvalue weighted by Gasteiger charge is 2.18. The van der Waals surface area contributed by atoms with Crippen LogP contribution in [0, 0.1) is 0 Å². The second kappa shape index (κ2) is 6.14. The highest BCUT2D eigenvalue weighted by atomic mass is 32.1. The quantitative estimate of drug-likeness (QED) is 0.831. The van der Waals surface area contributed by atoms with Crippen LogP contribution >= 0.6 is 11.3 Å². The molecule has 1 atom stereocenters. The van der Waals surface area contributed by atoms with Crippen LogP contribution in [-0.2, 0) is 22.4 Å². The lowest BCUT2D eigenvalue weighted by molar-refractivity contribution is -0.124. The molecule has 0 saturated heterocycles. The van der Waals surface area contributed by atoms with Crippen LogP contribution in [0.1, 0.15) is 43.7 Å². The number of hydrogen-bond donors (Lipinski definition) is 2. The maximum Gasteiger partial charge on any atom is 0.248 e. The van der Waals surface area contributed by atoms with Crippen molar-refractivity contribution in [1.29, 1.82) is 0 Å². The van der Waals surface area contributed by atoms with Crippen LogP contribution in [0.3, 0.4) is 0 Å². The summed E-state index contributed by atoms with van der Waals surface area (Å²) >= 11 is 1.56. The summed E-state index contributed by atoms with van der Waals surface area (Å²) in [5.74, 6) is -0.434. The van der Waals surface area contributed by atoms with Crippen LogP contribution < -0.4 is 10.6 Å². The van der Waals surface area contributed by atoms with Crippen molar-refractivity contribution in [3.8, 4) is 0 Å². The summed E-state index contributed by atoms with van der Waals surface area (Å²) in [5, 5.41) is 5.99. The van der Waals surface area contributed by atoms with Gasteiger partial charge in [0.25, 0.3) is 0 Å². The number of thiazole rings is 1. The Bertz CT molecular complexity index is 461. The van der Waals surface area contributed by atoms with Gasteiger partial charge >= 0.3 is 0 Å². The van der Waals surface area contributed by atoms with Crippen LogP contribution in [0.4, 0.5) is 5.13 Å². The number of hydrogen-bond acceptors (Lipinski definition) is 4. The van der Waals surface area contributed by atoms with Crippen molar-refractivity contribution in [2.24, 2.45) is 0 Å². The van der Waals surface area contributed by atoms with E-state index in [1.165, 1.54) is 31.1 Å². The number of aryl methyl sites for hydroxylation is 2. The number of carbonyl (C=O) groups is 2. The molecule has 1 aromatic rings. The summed E-state index contributed by atoms with van der Waals surface area (Å²) in [5.41, 5.74) is 1.13. The Morgan fingerprint density at radius 2 is 2.00 bits per heavy atom. The number of nitrogens with one attached hydrogen (secondary N) is 2. The molecule has 0 aliphatic heterocycles. The molecule has 19 heavy (non-hydrogen) atoms. The Kier molecular flexibility index (Phi) is 4.52. The van der Waals surface area contributed by atoms with E-state index in [4.69, 9.17) is 0 Å². The topological polar surface area (TPSA) is 71.1 Å². The Hall–Kier alpha value is -1.43. The SMILES string of the molecule is CC(=O)N[C@@H](C)C(=O)Nc1nc2c(s1)CCCCC2. The summed E-state index contributed by atoms with van der Waals surface area (Å²) in [6, 6.07) is -0.541. The standard InChI is InChI=1S/C13H19N3O2S/c1-8(14-9(2)17)12(18)16-13-15-10-6-4-3-5-7-11(10)19-13/h8H,3-7H2,1-2H3,(H,14,17)(H,15,16,18)/t8-/m0/s1. The number of nitrogens with zero attached hydrogens (tertiary/aromatic N) is 1. The maximum atomic E-state index is 11.9. The second-order valence-electron chi connectivity index (χ2n) is 4.86. The minimum atomic E-state index is -0.541. The van der Waals surface area contributed by atoms with E-state index < -0.39 is 6.04 Å². The predicted octanol–water partition coefficient (Wildman–Crippen LogP) is 1.88. The first-order valence-electron chi connectivity index (χ1n) is 6.63. The highest BCUT2D eigenvalue weighted by Crippen LogP contribution is 2.28. The second-order valence-corrected chi connectivity index (χ2v) is 5.94. The van der Waals surface area contributed by atoms with Gasteiger partial charge in [-0.05, 0) is 32.6 Å². The third-order valence-electron chi connectivity index (χ3n) is 3.14. The predicted molar refractivity (Wildman–Crippen MR) is 75.3 cm³/mol. The van der Waals surface area contributed by atoms with Crippen molar-refractivity contribution in [1.82, 2.24) is 10.3 Å². The molecule has 0 aromatic carbocycles. The van der Waals surface area contributed by atoms with E-state index in [0.717, 1.165) is 18.5 Å². The zero-order valence-corrected chi connectivity index (χ0v) is 12.1. The average molecular weight is 281 g/mol. The molecule has 1 aliphatic carbocycles. The average Bonchev–Trinajstić information content (AvgIpc) is 2.57. The Morgan fingerprint density at radius 3 is 2.74 bits per heavy atom. The van der Waals surface area contributed by atoms with Crippen molar-refractivity contribution in [3.63, 3.8) is 0 Å². The number of carbonyl (C=O) groups excluding carboxylic acids is 2. The monoisotopic (exact) mass is 281 g/mol.